The number of hydrogen-bond acceptors (Lipinski definition) is 2. The average molecular weight is 244 g/mol. The Bertz CT molecular complexity index is 556. The quantitative estimate of drug-likeness (QED) is 0.837. The molecule has 4 heteroatoms. The lowest BCUT2D eigenvalue weighted by molar-refractivity contribution is 0.143. The molecule has 0 unspecified atom stereocenters. The minimum atomic E-state index is -0.233. The van der Waals surface area contributed by atoms with Gasteiger partial charge in [0.05, 0.1) is 0 Å². The minimum absolute atomic E-state index is 0.233. The van der Waals surface area contributed by atoms with Crippen molar-refractivity contribution in [1.82, 2.24) is 9.88 Å². The van der Waals surface area contributed by atoms with Crippen LogP contribution >= 0.6 is 0 Å². The Hall–Kier alpha value is -1.97. The summed E-state index contributed by atoms with van der Waals surface area (Å²) in [5, 5.41) is 0.947. The standard InChI is InChI=1S/C14H16N2O2/c17-14(16-9-2-1-3-10-16)18-13-6-4-5-12-11(13)7-8-15-12/h4-8,15H,1-3,9-10H2. The van der Waals surface area contributed by atoms with Crippen molar-refractivity contribution < 1.29 is 9.53 Å². The van der Waals surface area contributed by atoms with Gasteiger partial charge in [-0.25, -0.2) is 4.79 Å². The van der Waals surface area contributed by atoms with Crippen molar-refractivity contribution in [1.29, 1.82) is 0 Å². The van der Waals surface area contributed by atoms with Crippen LogP contribution in [-0.4, -0.2) is 29.1 Å². The van der Waals surface area contributed by atoms with Crippen molar-refractivity contribution in [3.8, 4) is 5.75 Å². The van der Waals surface area contributed by atoms with Gasteiger partial charge < -0.3 is 14.6 Å². The highest BCUT2D eigenvalue weighted by atomic mass is 16.6. The van der Waals surface area contributed by atoms with Crippen molar-refractivity contribution in [2.45, 2.75) is 19.3 Å². The molecule has 94 valence electrons. The number of aromatic nitrogens is 1. The summed E-state index contributed by atoms with van der Waals surface area (Å²) in [5.41, 5.74) is 0.985. The van der Waals surface area contributed by atoms with Gasteiger partial charge in [0.2, 0.25) is 0 Å². The monoisotopic (exact) mass is 244 g/mol. The van der Waals surface area contributed by atoms with Gasteiger partial charge in [0.15, 0.2) is 0 Å². The summed E-state index contributed by atoms with van der Waals surface area (Å²) in [6, 6.07) is 7.61. The molecule has 1 aliphatic heterocycles. The van der Waals surface area contributed by atoms with Crippen LogP contribution in [0, 0.1) is 0 Å². The SMILES string of the molecule is O=C(Oc1cccc2[nH]ccc12)N1CCCCC1. The number of carbonyl (C=O) groups excluding carboxylic acids is 1. The number of likely N-dealkylation sites (tertiary alicyclic amines) is 1. The molecule has 1 aromatic heterocycles. The van der Waals surface area contributed by atoms with Gasteiger partial charge >= 0.3 is 6.09 Å². The highest BCUT2D eigenvalue weighted by Crippen LogP contribution is 2.25. The number of amides is 1. The lowest BCUT2D eigenvalue weighted by Gasteiger charge is -2.25. The van der Waals surface area contributed by atoms with Crippen molar-refractivity contribution in [2.24, 2.45) is 0 Å². The third kappa shape index (κ3) is 2.06. The van der Waals surface area contributed by atoms with E-state index in [0.29, 0.717) is 5.75 Å². The zero-order valence-electron chi connectivity index (χ0n) is 10.2. The fourth-order valence-electron chi connectivity index (χ4n) is 2.38. The van der Waals surface area contributed by atoms with E-state index < -0.39 is 0 Å². The Kier molecular flexibility index (Phi) is 2.92. The van der Waals surface area contributed by atoms with E-state index in [2.05, 4.69) is 4.98 Å². The van der Waals surface area contributed by atoms with E-state index in [4.69, 9.17) is 4.74 Å². The van der Waals surface area contributed by atoms with Crippen LogP contribution in [0.3, 0.4) is 0 Å². The van der Waals surface area contributed by atoms with Crippen molar-refractivity contribution >= 4 is 17.0 Å². The van der Waals surface area contributed by atoms with E-state index in [1.807, 2.05) is 30.5 Å². The molecular formula is C14H16N2O2. The zero-order chi connectivity index (χ0) is 12.4. The molecule has 1 saturated heterocycles. The second-order valence-corrected chi connectivity index (χ2v) is 4.61. The number of benzene rings is 1. The van der Waals surface area contributed by atoms with Crippen LogP contribution in [0.1, 0.15) is 19.3 Å². The maximum atomic E-state index is 12.0. The maximum absolute atomic E-state index is 12.0. The Labute approximate surface area is 106 Å². The van der Waals surface area contributed by atoms with Crippen LogP contribution < -0.4 is 4.74 Å². The molecule has 0 bridgehead atoms. The highest BCUT2D eigenvalue weighted by Gasteiger charge is 2.19. The van der Waals surface area contributed by atoms with Crippen LogP contribution in [0.2, 0.25) is 0 Å². The van der Waals surface area contributed by atoms with Gasteiger partial charge in [-0.05, 0) is 37.5 Å². The van der Waals surface area contributed by atoms with Gasteiger partial charge in [-0.15, -0.1) is 0 Å². The van der Waals surface area contributed by atoms with Gasteiger partial charge in [0.25, 0.3) is 0 Å². The summed E-state index contributed by atoms with van der Waals surface area (Å²) >= 11 is 0. The van der Waals surface area contributed by atoms with Crippen LogP contribution in [0.25, 0.3) is 10.9 Å². The lowest BCUT2D eigenvalue weighted by Crippen LogP contribution is -2.37. The Morgan fingerprint density at radius 1 is 1.17 bits per heavy atom. The van der Waals surface area contributed by atoms with E-state index in [0.717, 1.165) is 36.8 Å². The van der Waals surface area contributed by atoms with Crippen molar-refractivity contribution in [2.75, 3.05) is 13.1 Å². The normalized spacial score (nSPS) is 15.9. The number of fused-ring (bicyclic) bond motifs is 1. The third-order valence-electron chi connectivity index (χ3n) is 3.37. The highest BCUT2D eigenvalue weighted by molar-refractivity contribution is 5.88. The van der Waals surface area contributed by atoms with Crippen molar-refractivity contribution in [3.63, 3.8) is 0 Å². The maximum Gasteiger partial charge on any atom is 0.415 e. The number of piperidine rings is 1. The van der Waals surface area contributed by atoms with E-state index >= 15 is 0 Å². The first-order chi connectivity index (χ1) is 8.84. The lowest BCUT2D eigenvalue weighted by atomic mass is 10.1. The van der Waals surface area contributed by atoms with Gasteiger partial charge in [-0.3, -0.25) is 0 Å². The molecule has 2 heterocycles. The number of hydrogen-bond donors (Lipinski definition) is 1. The van der Waals surface area contributed by atoms with Gasteiger partial charge in [0.1, 0.15) is 5.75 Å². The molecule has 1 aliphatic rings. The van der Waals surface area contributed by atoms with E-state index in [1.165, 1.54) is 6.42 Å². The molecule has 0 saturated carbocycles. The predicted molar refractivity (Wildman–Crippen MR) is 69.7 cm³/mol. The van der Waals surface area contributed by atoms with Gasteiger partial charge in [0, 0.05) is 30.2 Å². The molecule has 1 fully saturated rings. The molecule has 3 rings (SSSR count). The zero-order valence-corrected chi connectivity index (χ0v) is 10.2. The third-order valence-corrected chi connectivity index (χ3v) is 3.37. The number of aromatic amines is 1. The van der Waals surface area contributed by atoms with Crippen LogP contribution in [0.5, 0.6) is 5.75 Å². The fraction of sp³-hybridized carbons (Fsp3) is 0.357. The summed E-state index contributed by atoms with van der Waals surface area (Å²) in [5.74, 6) is 0.629. The molecule has 18 heavy (non-hydrogen) atoms. The summed E-state index contributed by atoms with van der Waals surface area (Å²) in [6.45, 7) is 1.61. The van der Waals surface area contributed by atoms with Crippen LogP contribution in [-0.2, 0) is 0 Å². The van der Waals surface area contributed by atoms with Gasteiger partial charge in [-0.1, -0.05) is 6.07 Å². The van der Waals surface area contributed by atoms with Crippen molar-refractivity contribution in [3.05, 3.63) is 30.5 Å². The predicted octanol–water partition coefficient (Wildman–Crippen LogP) is 3.15. The number of rotatable bonds is 1. The minimum Gasteiger partial charge on any atom is -0.409 e. The first-order valence-electron chi connectivity index (χ1n) is 6.37. The molecular weight excluding hydrogens is 228 g/mol. The molecule has 1 aromatic carbocycles. The van der Waals surface area contributed by atoms with Crippen LogP contribution in [0.15, 0.2) is 30.5 Å². The molecule has 0 spiro atoms. The molecule has 2 aromatic rings. The van der Waals surface area contributed by atoms with E-state index in [-0.39, 0.29) is 6.09 Å². The van der Waals surface area contributed by atoms with Gasteiger partial charge in [-0.2, -0.15) is 0 Å². The number of H-pyrrole nitrogens is 1. The second-order valence-electron chi connectivity index (χ2n) is 4.61. The summed E-state index contributed by atoms with van der Waals surface area (Å²) in [4.78, 5) is 16.9. The summed E-state index contributed by atoms with van der Waals surface area (Å²) in [7, 11) is 0. The average Bonchev–Trinajstić information content (AvgIpc) is 2.89. The number of nitrogens with zero attached hydrogens (tertiary/aromatic N) is 1. The van der Waals surface area contributed by atoms with Crippen LogP contribution in [0.4, 0.5) is 4.79 Å². The molecule has 4 nitrogen and oxygen atoms in total. The number of ether oxygens (including phenoxy) is 1. The molecule has 1 amide bonds. The molecule has 0 aliphatic carbocycles. The number of carbonyl (C=O) groups is 1. The molecule has 1 N–H and O–H groups in total. The second kappa shape index (κ2) is 4.72. The summed E-state index contributed by atoms with van der Waals surface area (Å²) in [6.07, 6.45) is 4.97. The van der Waals surface area contributed by atoms with E-state index in [1.54, 1.807) is 4.90 Å². The summed E-state index contributed by atoms with van der Waals surface area (Å²) < 4.78 is 5.49. The molecule has 0 radical (unpaired) electrons. The molecule has 0 atom stereocenters. The first-order valence-corrected chi connectivity index (χ1v) is 6.37. The Morgan fingerprint density at radius 3 is 2.83 bits per heavy atom. The first kappa shape index (κ1) is 11.1. The smallest absolute Gasteiger partial charge is 0.409 e. The topological polar surface area (TPSA) is 45.3 Å². The largest absolute Gasteiger partial charge is 0.415 e. The Balaban J connectivity index is 1.79. The Morgan fingerprint density at radius 2 is 2.00 bits per heavy atom. The number of nitrogens with one attached hydrogen (secondary N) is 1. The fourth-order valence-corrected chi connectivity index (χ4v) is 2.38. The van der Waals surface area contributed by atoms with E-state index in [9.17, 15) is 4.79 Å².